The Hall–Kier alpha value is -2.33. The fourth-order valence-corrected chi connectivity index (χ4v) is 2.71. The Morgan fingerprint density at radius 1 is 1.08 bits per heavy atom. The van der Waals surface area contributed by atoms with Crippen molar-refractivity contribution in [1.82, 2.24) is 5.32 Å². The highest BCUT2D eigenvalue weighted by atomic mass is 35.5. The van der Waals surface area contributed by atoms with E-state index in [-0.39, 0.29) is 18.4 Å². The Kier molecular flexibility index (Phi) is 6.38. The van der Waals surface area contributed by atoms with Gasteiger partial charge in [-0.15, -0.1) is 0 Å². The van der Waals surface area contributed by atoms with Crippen LogP contribution >= 0.6 is 11.6 Å². The first-order chi connectivity index (χ1) is 11.5. The lowest BCUT2D eigenvalue weighted by molar-refractivity contribution is -0.138. The predicted molar refractivity (Wildman–Crippen MR) is 94.1 cm³/mol. The number of hydrogen-bond donors (Lipinski definition) is 2. The number of carbonyl (C=O) groups excluding carboxylic acids is 1. The van der Waals surface area contributed by atoms with Crippen molar-refractivity contribution in [3.8, 4) is 0 Å². The molecule has 4 nitrogen and oxygen atoms in total. The van der Waals surface area contributed by atoms with Crippen LogP contribution in [0.3, 0.4) is 0 Å². The number of hydrogen-bond acceptors (Lipinski definition) is 2. The molecule has 0 heterocycles. The maximum atomic E-state index is 12.3. The summed E-state index contributed by atoms with van der Waals surface area (Å²) in [4.78, 5) is 23.7. The summed E-state index contributed by atoms with van der Waals surface area (Å²) in [5.74, 6) is -2.20. The quantitative estimate of drug-likeness (QED) is 0.807. The van der Waals surface area contributed by atoms with Crippen molar-refractivity contribution in [2.45, 2.75) is 19.3 Å². The third kappa shape index (κ3) is 4.83. The van der Waals surface area contributed by atoms with Gasteiger partial charge in [0, 0.05) is 17.5 Å². The van der Waals surface area contributed by atoms with Gasteiger partial charge in [-0.25, -0.2) is 0 Å². The summed E-state index contributed by atoms with van der Waals surface area (Å²) in [5, 5.41) is 12.7. The van der Waals surface area contributed by atoms with E-state index in [2.05, 4.69) is 5.32 Å². The summed E-state index contributed by atoms with van der Waals surface area (Å²) < 4.78 is 0. The van der Waals surface area contributed by atoms with E-state index in [0.29, 0.717) is 17.0 Å². The summed E-state index contributed by atoms with van der Waals surface area (Å²) in [6.45, 7) is 1.86. The molecule has 0 radical (unpaired) electrons. The summed E-state index contributed by atoms with van der Waals surface area (Å²) in [6, 6.07) is 16.3. The number of nitrogens with one attached hydrogen (secondary N) is 1. The first-order valence-electron chi connectivity index (χ1n) is 7.78. The van der Waals surface area contributed by atoms with Gasteiger partial charge in [0.15, 0.2) is 0 Å². The van der Waals surface area contributed by atoms with Gasteiger partial charge in [0.25, 0.3) is 0 Å². The molecule has 2 aromatic rings. The van der Waals surface area contributed by atoms with Gasteiger partial charge in [0.2, 0.25) is 5.91 Å². The number of aliphatic carboxylic acids is 1. The van der Waals surface area contributed by atoms with Crippen LogP contribution in [-0.4, -0.2) is 23.5 Å². The molecule has 0 saturated carbocycles. The maximum Gasteiger partial charge on any atom is 0.312 e. The van der Waals surface area contributed by atoms with Crippen LogP contribution in [0.5, 0.6) is 0 Å². The molecule has 24 heavy (non-hydrogen) atoms. The van der Waals surface area contributed by atoms with Crippen molar-refractivity contribution in [3.05, 3.63) is 70.7 Å². The van der Waals surface area contributed by atoms with Crippen LogP contribution in [0.15, 0.2) is 54.6 Å². The molecule has 0 fully saturated rings. The van der Waals surface area contributed by atoms with Gasteiger partial charge in [-0.3, -0.25) is 9.59 Å². The minimum absolute atomic E-state index is 0.0606. The molecule has 5 heteroatoms. The number of carbonyl (C=O) groups is 2. The summed E-state index contributed by atoms with van der Waals surface area (Å²) >= 11 is 6.11. The second kappa shape index (κ2) is 8.50. The number of carboxylic acid groups (broad SMARTS) is 1. The lowest BCUT2D eigenvalue weighted by atomic mass is 9.97. The minimum Gasteiger partial charge on any atom is -0.481 e. The molecule has 0 aromatic heterocycles. The van der Waals surface area contributed by atoms with Gasteiger partial charge in [-0.1, -0.05) is 67.1 Å². The smallest absolute Gasteiger partial charge is 0.312 e. The van der Waals surface area contributed by atoms with Gasteiger partial charge < -0.3 is 10.4 Å². The van der Waals surface area contributed by atoms with Crippen LogP contribution < -0.4 is 5.32 Å². The van der Waals surface area contributed by atoms with E-state index in [1.54, 1.807) is 37.3 Å². The largest absolute Gasteiger partial charge is 0.481 e. The molecule has 2 unspecified atom stereocenters. The van der Waals surface area contributed by atoms with Gasteiger partial charge in [0.1, 0.15) is 0 Å². The lowest BCUT2D eigenvalue weighted by Gasteiger charge is -2.17. The highest BCUT2D eigenvalue weighted by Crippen LogP contribution is 2.19. The topological polar surface area (TPSA) is 66.4 Å². The van der Waals surface area contributed by atoms with Crippen molar-refractivity contribution in [3.63, 3.8) is 0 Å². The van der Waals surface area contributed by atoms with Gasteiger partial charge in [-0.2, -0.15) is 0 Å². The van der Waals surface area contributed by atoms with Crippen molar-refractivity contribution in [1.29, 1.82) is 0 Å². The molecule has 0 saturated heterocycles. The Morgan fingerprint density at radius 2 is 1.71 bits per heavy atom. The third-order valence-electron chi connectivity index (χ3n) is 3.91. The summed E-state index contributed by atoms with van der Waals surface area (Å²) in [5.41, 5.74) is 1.57. The molecule has 0 aliphatic carbocycles. The van der Waals surface area contributed by atoms with Crippen LogP contribution in [0.25, 0.3) is 0 Å². The SMILES string of the molecule is CC(Cc1ccccc1Cl)C(=O)NCC(C(=O)O)c1ccccc1. The number of halogens is 1. The summed E-state index contributed by atoms with van der Waals surface area (Å²) in [6.07, 6.45) is 0.509. The van der Waals surface area contributed by atoms with E-state index < -0.39 is 11.9 Å². The predicted octanol–water partition coefficient (Wildman–Crippen LogP) is 3.50. The average Bonchev–Trinajstić information content (AvgIpc) is 2.57. The first kappa shape index (κ1) is 18.0. The van der Waals surface area contributed by atoms with Gasteiger partial charge >= 0.3 is 5.97 Å². The second-order valence-electron chi connectivity index (χ2n) is 5.74. The molecule has 0 bridgehead atoms. The second-order valence-corrected chi connectivity index (χ2v) is 6.15. The highest BCUT2D eigenvalue weighted by molar-refractivity contribution is 6.31. The monoisotopic (exact) mass is 345 g/mol. The average molecular weight is 346 g/mol. The molecule has 1 amide bonds. The zero-order valence-electron chi connectivity index (χ0n) is 13.4. The zero-order valence-corrected chi connectivity index (χ0v) is 14.2. The van der Waals surface area contributed by atoms with Crippen molar-refractivity contribution < 1.29 is 14.7 Å². The fraction of sp³-hybridized carbons (Fsp3) is 0.263. The molecular formula is C19H20ClNO3. The van der Waals surface area contributed by atoms with Crippen LogP contribution in [-0.2, 0) is 16.0 Å². The van der Waals surface area contributed by atoms with Crippen LogP contribution in [0.1, 0.15) is 24.0 Å². The lowest BCUT2D eigenvalue weighted by Crippen LogP contribution is -2.35. The molecule has 0 aliphatic rings. The molecule has 2 N–H and O–H groups in total. The fourth-order valence-electron chi connectivity index (χ4n) is 2.50. The van der Waals surface area contributed by atoms with Crippen LogP contribution in [0.4, 0.5) is 0 Å². The molecule has 126 valence electrons. The van der Waals surface area contributed by atoms with E-state index in [4.69, 9.17) is 11.6 Å². The van der Waals surface area contributed by atoms with E-state index in [1.807, 2.05) is 24.3 Å². The Bertz CT molecular complexity index is 703. The van der Waals surface area contributed by atoms with Crippen LogP contribution in [0.2, 0.25) is 5.02 Å². The number of benzene rings is 2. The normalized spacial score (nSPS) is 13.1. The highest BCUT2D eigenvalue weighted by Gasteiger charge is 2.22. The Balaban J connectivity index is 1.96. The molecule has 2 atom stereocenters. The standard InChI is InChI=1S/C19H20ClNO3/c1-13(11-15-9-5-6-10-17(15)20)18(22)21-12-16(19(23)24)14-7-3-2-4-8-14/h2-10,13,16H,11-12H2,1H3,(H,21,22)(H,23,24). The summed E-state index contributed by atoms with van der Waals surface area (Å²) in [7, 11) is 0. The van der Waals surface area contributed by atoms with Crippen LogP contribution in [0, 0.1) is 5.92 Å². The Morgan fingerprint density at radius 3 is 2.33 bits per heavy atom. The third-order valence-corrected chi connectivity index (χ3v) is 4.28. The van der Waals surface area contributed by atoms with Gasteiger partial charge in [-0.05, 0) is 23.6 Å². The zero-order chi connectivity index (χ0) is 17.5. The number of carboxylic acids is 1. The van der Waals surface area contributed by atoms with E-state index in [9.17, 15) is 14.7 Å². The first-order valence-corrected chi connectivity index (χ1v) is 8.15. The van der Waals surface area contributed by atoms with Gasteiger partial charge in [0.05, 0.1) is 5.92 Å². The molecular weight excluding hydrogens is 326 g/mol. The molecule has 0 aliphatic heterocycles. The molecule has 2 rings (SSSR count). The van der Waals surface area contributed by atoms with E-state index >= 15 is 0 Å². The minimum atomic E-state index is -0.958. The van der Waals surface area contributed by atoms with E-state index in [1.165, 1.54) is 0 Å². The Labute approximate surface area is 146 Å². The number of rotatable bonds is 7. The van der Waals surface area contributed by atoms with Crippen molar-refractivity contribution in [2.75, 3.05) is 6.54 Å². The van der Waals surface area contributed by atoms with E-state index in [0.717, 1.165) is 5.56 Å². The maximum absolute atomic E-state index is 12.3. The van der Waals surface area contributed by atoms with Crippen molar-refractivity contribution in [2.24, 2.45) is 5.92 Å². The molecule has 0 spiro atoms. The number of amides is 1. The van der Waals surface area contributed by atoms with Crippen molar-refractivity contribution >= 4 is 23.5 Å². The molecule has 2 aromatic carbocycles.